The molecule has 0 bridgehead atoms. The summed E-state index contributed by atoms with van der Waals surface area (Å²) in [6, 6.07) is 3.26. The molecule has 1 aromatic rings. The van der Waals surface area contributed by atoms with Gasteiger partial charge in [0.1, 0.15) is 0 Å². The van der Waals surface area contributed by atoms with Crippen LogP contribution in [-0.4, -0.2) is 0 Å². The minimum Gasteiger partial charge on any atom is -0.205 e. The van der Waals surface area contributed by atoms with Crippen LogP contribution in [0.2, 0.25) is 5.02 Å². The van der Waals surface area contributed by atoms with Gasteiger partial charge in [-0.1, -0.05) is 41.9 Å². The number of benzene rings is 1. The lowest BCUT2D eigenvalue weighted by molar-refractivity contribution is 0.624. The summed E-state index contributed by atoms with van der Waals surface area (Å²) in [6.45, 7) is 5.15. The molecule has 0 heterocycles. The zero-order chi connectivity index (χ0) is 9.30. The highest BCUT2D eigenvalue weighted by atomic mass is 35.5. The van der Waals surface area contributed by atoms with Crippen LogP contribution in [0.4, 0.5) is 4.39 Å². The highest BCUT2D eigenvalue weighted by Gasteiger charge is 2.09. The molecule has 3 heteroatoms. The fourth-order valence-electron chi connectivity index (χ4n) is 0.856. The number of rotatable bonds is 1. The van der Waals surface area contributed by atoms with Crippen LogP contribution in [0.5, 0.6) is 0 Å². The van der Waals surface area contributed by atoms with Crippen molar-refractivity contribution in [2.45, 2.75) is 6.92 Å². The minimum atomic E-state index is -0.503. The van der Waals surface area contributed by atoms with Crippen LogP contribution >= 0.6 is 23.2 Å². The lowest BCUT2D eigenvalue weighted by Crippen LogP contribution is -1.88. The van der Waals surface area contributed by atoms with Crippen molar-refractivity contribution in [1.29, 1.82) is 0 Å². The molecule has 0 aliphatic heterocycles. The summed E-state index contributed by atoms with van der Waals surface area (Å²) in [5, 5.41) is 0.267. The maximum absolute atomic E-state index is 13.2. The quantitative estimate of drug-likeness (QED) is 0.649. The Bertz CT molecular complexity index is 332. The molecule has 1 aromatic carbocycles. The maximum Gasteiger partial charge on any atom is 0.150 e. The van der Waals surface area contributed by atoms with Crippen molar-refractivity contribution in [3.63, 3.8) is 0 Å². The summed E-state index contributed by atoms with van der Waals surface area (Å²) in [6.07, 6.45) is 0. The van der Waals surface area contributed by atoms with E-state index in [0.29, 0.717) is 5.56 Å². The van der Waals surface area contributed by atoms with Crippen LogP contribution in [0.25, 0.3) is 5.03 Å². The van der Waals surface area contributed by atoms with E-state index in [4.69, 9.17) is 23.2 Å². The lowest BCUT2D eigenvalue weighted by atomic mass is 10.1. The van der Waals surface area contributed by atoms with Crippen LogP contribution < -0.4 is 0 Å². The molecule has 0 nitrogen and oxygen atoms in total. The third-order valence-corrected chi connectivity index (χ3v) is 2.24. The zero-order valence-corrected chi connectivity index (χ0v) is 8.01. The smallest absolute Gasteiger partial charge is 0.150 e. The van der Waals surface area contributed by atoms with Crippen LogP contribution in [0.1, 0.15) is 11.1 Å². The van der Waals surface area contributed by atoms with E-state index in [1.165, 1.54) is 0 Å². The Morgan fingerprint density at radius 2 is 2.08 bits per heavy atom. The molecule has 0 amide bonds. The second kappa shape index (κ2) is 3.46. The highest BCUT2D eigenvalue weighted by molar-refractivity contribution is 6.48. The van der Waals surface area contributed by atoms with Crippen molar-refractivity contribution < 1.29 is 4.39 Å². The molecule has 0 unspecified atom stereocenters. The Kier molecular flexibility index (Phi) is 2.76. The molecule has 0 atom stereocenters. The van der Waals surface area contributed by atoms with E-state index in [-0.39, 0.29) is 15.6 Å². The molecule has 64 valence electrons. The van der Waals surface area contributed by atoms with E-state index < -0.39 is 5.82 Å². The highest BCUT2D eigenvalue weighted by Crippen LogP contribution is 2.27. The number of hydrogen-bond donors (Lipinski definition) is 0. The Balaban J connectivity index is 3.36. The largest absolute Gasteiger partial charge is 0.205 e. The van der Waals surface area contributed by atoms with Crippen molar-refractivity contribution in [2.24, 2.45) is 0 Å². The van der Waals surface area contributed by atoms with Crippen LogP contribution in [0.3, 0.4) is 0 Å². The van der Waals surface area contributed by atoms with Gasteiger partial charge in [-0.15, -0.1) is 0 Å². The minimum absolute atomic E-state index is 0.106. The fraction of sp³-hybridized carbons (Fsp3) is 0.111. The molecule has 0 radical (unpaired) electrons. The van der Waals surface area contributed by atoms with Gasteiger partial charge in [-0.2, -0.15) is 0 Å². The number of halogens is 3. The van der Waals surface area contributed by atoms with Gasteiger partial charge < -0.3 is 0 Å². The summed E-state index contributed by atoms with van der Waals surface area (Å²) in [7, 11) is 0. The molecule has 0 N–H and O–H groups in total. The van der Waals surface area contributed by atoms with E-state index in [2.05, 4.69) is 6.58 Å². The van der Waals surface area contributed by atoms with Crippen molar-refractivity contribution in [3.8, 4) is 0 Å². The topological polar surface area (TPSA) is 0 Å². The molecule has 0 aliphatic rings. The van der Waals surface area contributed by atoms with Gasteiger partial charge in [0, 0.05) is 10.6 Å². The molecule has 0 saturated heterocycles. The molecule has 1 rings (SSSR count). The first-order chi connectivity index (χ1) is 5.54. The standard InChI is InChI=1S/C9H7Cl2F/c1-5-3-4-7(6(2)10)9(12)8(5)11/h3-4H,2H2,1H3. The molecule has 0 aromatic heterocycles. The Hall–Kier alpha value is -0.530. The Morgan fingerprint density at radius 3 is 2.58 bits per heavy atom. The van der Waals surface area contributed by atoms with Gasteiger partial charge in [0.15, 0.2) is 5.82 Å². The van der Waals surface area contributed by atoms with Crippen molar-refractivity contribution >= 4 is 28.2 Å². The third kappa shape index (κ3) is 1.62. The summed E-state index contributed by atoms with van der Waals surface area (Å²) in [5.41, 5.74) is 0.947. The van der Waals surface area contributed by atoms with Crippen molar-refractivity contribution in [2.75, 3.05) is 0 Å². The van der Waals surface area contributed by atoms with Gasteiger partial charge in [0.05, 0.1) is 5.02 Å². The van der Waals surface area contributed by atoms with E-state index >= 15 is 0 Å². The molecule has 0 fully saturated rings. The fourth-order valence-corrected chi connectivity index (χ4v) is 1.17. The predicted molar refractivity (Wildman–Crippen MR) is 51.0 cm³/mol. The van der Waals surface area contributed by atoms with E-state index in [9.17, 15) is 4.39 Å². The summed E-state index contributed by atoms with van der Waals surface area (Å²) in [5.74, 6) is -0.503. The summed E-state index contributed by atoms with van der Waals surface area (Å²) >= 11 is 11.2. The third-order valence-electron chi connectivity index (χ3n) is 1.57. The SMILES string of the molecule is C=C(Cl)c1ccc(C)c(Cl)c1F. The average molecular weight is 205 g/mol. The van der Waals surface area contributed by atoms with Gasteiger partial charge in [0.2, 0.25) is 0 Å². The molecule has 0 saturated carbocycles. The molecular formula is C9H7Cl2F. The van der Waals surface area contributed by atoms with E-state index in [0.717, 1.165) is 0 Å². The monoisotopic (exact) mass is 204 g/mol. The summed E-state index contributed by atoms with van der Waals surface area (Å²) < 4.78 is 13.2. The molecule has 12 heavy (non-hydrogen) atoms. The average Bonchev–Trinajstić information content (AvgIpc) is 2.00. The number of hydrogen-bond acceptors (Lipinski definition) is 0. The predicted octanol–water partition coefficient (Wildman–Crippen LogP) is 4.00. The first-order valence-corrected chi connectivity index (χ1v) is 4.09. The first-order valence-electron chi connectivity index (χ1n) is 3.33. The van der Waals surface area contributed by atoms with E-state index in [1.807, 2.05) is 0 Å². The first kappa shape index (κ1) is 9.56. The molecule has 0 spiro atoms. The van der Waals surface area contributed by atoms with Gasteiger partial charge in [-0.25, -0.2) is 4.39 Å². The second-order valence-corrected chi connectivity index (χ2v) is 3.30. The van der Waals surface area contributed by atoms with Gasteiger partial charge in [0.25, 0.3) is 0 Å². The summed E-state index contributed by atoms with van der Waals surface area (Å²) in [4.78, 5) is 0. The number of aryl methyl sites for hydroxylation is 1. The Morgan fingerprint density at radius 1 is 1.50 bits per heavy atom. The normalized spacial score (nSPS) is 10.0. The maximum atomic E-state index is 13.2. The zero-order valence-electron chi connectivity index (χ0n) is 6.50. The Labute approximate surface area is 80.6 Å². The van der Waals surface area contributed by atoms with E-state index in [1.54, 1.807) is 19.1 Å². The molecular weight excluding hydrogens is 198 g/mol. The van der Waals surface area contributed by atoms with Gasteiger partial charge in [-0.3, -0.25) is 0 Å². The van der Waals surface area contributed by atoms with Crippen LogP contribution in [-0.2, 0) is 0 Å². The van der Waals surface area contributed by atoms with Gasteiger partial charge >= 0.3 is 0 Å². The van der Waals surface area contributed by atoms with Crippen molar-refractivity contribution in [1.82, 2.24) is 0 Å². The van der Waals surface area contributed by atoms with Crippen LogP contribution in [0.15, 0.2) is 18.7 Å². The van der Waals surface area contributed by atoms with Crippen molar-refractivity contribution in [3.05, 3.63) is 40.7 Å². The second-order valence-electron chi connectivity index (χ2n) is 2.46. The van der Waals surface area contributed by atoms with Crippen LogP contribution in [0, 0.1) is 12.7 Å². The van der Waals surface area contributed by atoms with Gasteiger partial charge in [-0.05, 0) is 12.5 Å². The molecule has 0 aliphatic carbocycles. The lowest BCUT2D eigenvalue weighted by Gasteiger charge is -2.04.